The quantitative estimate of drug-likeness (QED) is 0.788. The Morgan fingerprint density at radius 1 is 1.31 bits per heavy atom. The maximum Gasteiger partial charge on any atom is 0.166 e. The van der Waals surface area contributed by atoms with Gasteiger partial charge in [-0.2, -0.15) is 0 Å². The highest BCUT2D eigenvalue weighted by atomic mass is 16.8. The Kier molecular flexibility index (Phi) is 2.84. The molecule has 2 aliphatic heterocycles. The van der Waals surface area contributed by atoms with Crippen molar-refractivity contribution < 1.29 is 14.6 Å². The second kappa shape index (κ2) is 3.69. The third kappa shape index (κ3) is 2.01. The summed E-state index contributed by atoms with van der Waals surface area (Å²) in [5.41, 5.74) is -0.833. The van der Waals surface area contributed by atoms with Crippen molar-refractivity contribution in [1.29, 1.82) is 0 Å². The standard InChI is InChI=1S/C13H24O3/c1-8(2)9-6-7-13(5)15-10(9)11(16-13)12(3,4)14/h8-11,14H,6-7H2,1-5H3/t9-,10-,11+,13-/m1/s1. The van der Waals surface area contributed by atoms with Crippen LogP contribution in [0.5, 0.6) is 0 Å². The topological polar surface area (TPSA) is 38.7 Å². The van der Waals surface area contributed by atoms with Crippen LogP contribution >= 0.6 is 0 Å². The zero-order chi connectivity index (χ0) is 12.1. The third-order valence-corrected chi connectivity index (χ3v) is 3.97. The molecule has 0 saturated carbocycles. The molecule has 0 unspecified atom stereocenters. The molecule has 0 radical (unpaired) electrons. The molecule has 0 aliphatic carbocycles. The average molecular weight is 228 g/mol. The molecule has 0 spiro atoms. The Morgan fingerprint density at radius 3 is 2.44 bits per heavy atom. The molecule has 0 aromatic carbocycles. The summed E-state index contributed by atoms with van der Waals surface area (Å²) in [5, 5.41) is 10.2. The Balaban J connectivity index is 2.23. The molecule has 3 nitrogen and oxygen atoms in total. The molecular weight excluding hydrogens is 204 g/mol. The summed E-state index contributed by atoms with van der Waals surface area (Å²) in [6, 6.07) is 0. The van der Waals surface area contributed by atoms with Gasteiger partial charge in [0.25, 0.3) is 0 Å². The lowest BCUT2D eigenvalue weighted by Crippen LogP contribution is -2.47. The van der Waals surface area contributed by atoms with Gasteiger partial charge in [-0.1, -0.05) is 13.8 Å². The minimum absolute atomic E-state index is 0.0405. The van der Waals surface area contributed by atoms with Crippen molar-refractivity contribution in [3.63, 3.8) is 0 Å². The summed E-state index contributed by atoms with van der Waals surface area (Å²) >= 11 is 0. The van der Waals surface area contributed by atoms with Crippen molar-refractivity contribution in [3.8, 4) is 0 Å². The van der Waals surface area contributed by atoms with E-state index in [4.69, 9.17) is 9.47 Å². The van der Waals surface area contributed by atoms with Crippen LogP contribution in [-0.4, -0.2) is 28.7 Å². The molecule has 2 heterocycles. The first kappa shape index (κ1) is 12.3. The van der Waals surface area contributed by atoms with Crippen LogP contribution in [0.4, 0.5) is 0 Å². The van der Waals surface area contributed by atoms with E-state index in [-0.39, 0.29) is 12.2 Å². The molecule has 0 aromatic rings. The summed E-state index contributed by atoms with van der Waals surface area (Å²) in [6.45, 7) is 10.0. The van der Waals surface area contributed by atoms with Gasteiger partial charge in [0, 0.05) is 6.42 Å². The van der Waals surface area contributed by atoms with Gasteiger partial charge in [0.2, 0.25) is 0 Å². The second-order valence-corrected chi connectivity index (χ2v) is 6.35. The van der Waals surface area contributed by atoms with Crippen molar-refractivity contribution in [1.82, 2.24) is 0 Å². The predicted molar refractivity (Wildman–Crippen MR) is 62.0 cm³/mol. The highest BCUT2D eigenvalue weighted by molar-refractivity contribution is 4.99. The van der Waals surface area contributed by atoms with Crippen molar-refractivity contribution in [2.24, 2.45) is 11.8 Å². The fourth-order valence-corrected chi connectivity index (χ4v) is 2.99. The summed E-state index contributed by atoms with van der Waals surface area (Å²) < 4.78 is 12.0. The Labute approximate surface area is 98.1 Å². The maximum atomic E-state index is 10.2. The minimum Gasteiger partial charge on any atom is -0.388 e. The van der Waals surface area contributed by atoms with Crippen LogP contribution in [0.2, 0.25) is 0 Å². The van der Waals surface area contributed by atoms with Gasteiger partial charge in [0.1, 0.15) is 6.10 Å². The van der Waals surface area contributed by atoms with Gasteiger partial charge in [-0.3, -0.25) is 0 Å². The van der Waals surface area contributed by atoms with E-state index in [9.17, 15) is 5.11 Å². The number of rotatable bonds is 2. The van der Waals surface area contributed by atoms with Gasteiger partial charge in [0.15, 0.2) is 5.79 Å². The summed E-state index contributed by atoms with van der Waals surface area (Å²) in [5.74, 6) is 0.592. The van der Waals surface area contributed by atoms with Gasteiger partial charge >= 0.3 is 0 Å². The maximum absolute atomic E-state index is 10.2. The van der Waals surface area contributed by atoms with Crippen LogP contribution < -0.4 is 0 Å². The first-order valence-corrected chi connectivity index (χ1v) is 6.31. The number of hydrogen-bond acceptors (Lipinski definition) is 3. The van der Waals surface area contributed by atoms with Gasteiger partial charge in [-0.15, -0.1) is 0 Å². The molecule has 4 atom stereocenters. The van der Waals surface area contributed by atoms with Crippen molar-refractivity contribution in [3.05, 3.63) is 0 Å². The van der Waals surface area contributed by atoms with E-state index in [2.05, 4.69) is 13.8 Å². The van der Waals surface area contributed by atoms with E-state index >= 15 is 0 Å². The zero-order valence-corrected chi connectivity index (χ0v) is 11.0. The smallest absolute Gasteiger partial charge is 0.166 e. The van der Waals surface area contributed by atoms with E-state index < -0.39 is 11.4 Å². The average Bonchev–Trinajstić information content (AvgIpc) is 2.37. The molecule has 1 N–H and O–H groups in total. The largest absolute Gasteiger partial charge is 0.388 e. The lowest BCUT2D eigenvalue weighted by molar-refractivity contribution is -0.198. The van der Waals surface area contributed by atoms with Gasteiger partial charge in [0.05, 0.1) is 11.7 Å². The number of aliphatic hydroxyl groups is 1. The van der Waals surface area contributed by atoms with E-state index in [1.807, 2.05) is 20.8 Å². The number of ether oxygens (including phenoxy) is 2. The Hall–Kier alpha value is -0.120. The molecule has 3 heteroatoms. The molecule has 2 rings (SSSR count). The molecule has 94 valence electrons. The van der Waals surface area contributed by atoms with Crippen LogP contribution in [0, 0.1) is 11.8 Å². The van der Waals surface area contributed by atoms with Crippen LogP contribution in [0.15, 0.2) is 0 Å². The minimum atomic E-state index is -0.833. The van der Waals surface area contributed by atoms with Crippen LogP contribution in [-0.2, 0) is 9.47 Å². The van der Waals surface area contributed by atoms with Gasteiger partial charge < -0.3 is 14.6 Å². The van der Waals surface area contributed by atoms with Gasteiger partial charge in [-0.25, -0.2) is 0 Å². The highest BCUT2D eigenvalue weighted by Gasteiger charge is 2.56. The fourth-order valence-electron chi connectivity index (χ4n) is 2.99. The predicted octanol–water partition coefficient (Wildman–Crippen LogP) is 2.32. The number of hydrogen-bond donors (Lipinski definition) is 1. The SMILES string of the molecule is CC(C)[C@H]1CC[C@]2(C)O[C@H]1[C@@H](C(C)(C)O)O2. The zero-order valence-electron chi connectivity index (χ0n) is 11.0. The van der Waals surface area contributed by atoms with Gasteiger partial charge in [-0.05, 0) is 39.0 Å². The molecule has 2 fully saturated rings. The lowest BCUT2D eigenvalue weighted by atomic mass is 9.79. The summed E-state index contributed by atoms with van der Waals surface area (Å²) in [7, 11) is 0. The molecular formula is C13H24O3. The Morgan fingerprint density at radius 2 is 1.94 bits per heavy atom. The molecule has 2 bridgehead atoms. The third-order valence-electron chi connectivity index (χ3n) is 3.97. The summed E-state index contributed by atoms with van der Waals surface area (Å²) in [4.78, 5) is 0. The monoisotopic (exact) mass is 228 g/mol. The molecule has 0 aromatic heterocycles. The lowest BCUT2D eigenvalue weighted by Gasteiger charge is -2.36. The fraction of sp³-hybridized carbons (Fsp3) is 1.00. The second-order valence-electron chi connectivity index (χ2n) is 6.35. The highest BCUT2D eigenvalue weighted by Crippen LogP contribution is 2.47. The van der Waals surface area contributed by atoms with Crippen molar-refractivity contribution in [2.75, 3.05) is 0 Å². The number of fused-ring (bicyclic) bond motifs is 2. The van der Waals surface area contributed by atoms with E-state index in [1.54, 1.807) is 0 Å². The molecule has 16 heavy (non-hydrogen) atoms. The van der Waals surface area contributed by atoms with Crippen LogP contribution in [0.25, 0.3) is 0 Å². The van der Waals surface area contributed by atoms with Crippen LogP contribution in [0.1, 0.15) is 47.5 Å². The summed E-state index contributed by atoms with van der Waals surface area (Å²) in [6.07, 6.45) is 1.90. The van der Waals surface area contributed by atoms with Crippen molar-refractivity contribution >= 4 is 0 Å². The first-order valence-electron chi connectivity index (χ1n) is 6.31. The molecule has 0 amide bonds. The van der Waals surface area contributed by atoms with E-state index in [0.29, 0.717) is 11.8 Å². The molecule has 2 saturated heterocycles. The van der Waals surface area contributed by atoms with E-state index in [0.717, 1.165) is 12.8 Å². The normalized spacial score (nSPS) is 44.1. The van der Waals surface area contributed by atoms with Crippen molar-refractivity contribution in [2.45, 2.75) is 71.1 Å². The Bertz CT molecular complexity index is 269. The first-order chi connectivity index (χ1) is 7.23. The van der Waals surface area contributed by atoms with E-state index in [1.165, 1.54) is 0 Å². The molecule has 2 aliphatic rings. The van der Waals surface area contributed by atoms with Crippen LogP contribution in [0.3, 0.4) is 0 Å².